The van der Waals surface area contributed by atoms with Gasteiger partial charge in [-0.25, -0.2) is 9.97 Å². The second-order valence-electron chi connectivity index (χ2n) is 5.08. The van der Waals surface area contributed by atoms with Crippen LogP contribution in [-0.4, -0.2) is 9.97 Å². The van der Waals surface area contributed by atoms with Crippen LogP contribution in [0.25, 0.3) is 11.4 Å². The van der Waals surface area contributed by atoms with E-state index in [1.54, 1.807) is 11.3 Å². The summed E-state index contributed by atoms with van der Waals surface area (Å²) < 4.78 is 1.04. The molecule has 0 aromatic carbocycles. The highest BCUT2D eigenvalue weighted by molar-refractivity contribution is 14.1. The van der Waals surface area contributed by atoms with E-state index in [-0.39, 0.29) is 0 Å². The Kier molecular flexibility index (Phi) is 3.75. The third-order valence-corrected chi connectivity index (χ3v) is 5.71. The zero-order valence-electron chi connectivity index (χ0n) is 10.8. The number of aromatic nitrogens is 2. The molecule has 3 nitrogen and oxygen atoms in total. The summed E-state index contributed by atoms with van der Waals surface area (Å²) in [5, 5.41) is 4.23. The lowest BCUT2D eigenvalue weighted by molar-refractivity contribution is 0.691. The zero-order valence-corrected chi connectivity index (χ0v) is 13.8. The molecule has 0 saturated heterocycles. The van der Waals surface area contributed by atoms with E-state index in [9.17, 15) is 0 Å². The molecule has 0 aliphatic heterocycles. The van der Waals surface area contributed by atoms with Crippen LogP contribution >= 0.6 is 33.9 Å². The first-order valence-corrected chi connectivity index (χ1v) is 8.55. The van der Waals surface area contributed by atoms with E-state index in [4.69, 9.17) is 10.7 Å². The minimum atomic E-state index is 0.565. The average Bonchev–Trinajstić information content (AvgIpc) is 3.03. The van der Waals surface area contributed by atoms with Crippen LogP contribution in [-0.2, 0) is 0 Å². The summed E-state index contributed by atoms with van der Waals surface area (Å²) in [7, 11) is 0. The van der Waals surface area contributed by atoms with E-state index in [1.807, 2.05) is 0 Å². The van der Waals surface area contributed by atoms with Gasteiger partial charge in [0.2, 0.25) is 0 Å². The number of halogens is 1. The van der Waals surface area contributed by atoms with Crippen molar-refractivity contribution in [1.29, 1.82) is 0 Å². The first-order valence-electron chi connectivity index (χ1n) is 6.53. The maximum Gasteiger partial charge on any atom is 0.162 e. The number of aryl methyl sites for hydroxylation is 1. The maximum atomic E-state index is 6.09. The summed E-state index contributed by atoms with van der Waals surface area (Å²) in [6.07, 6.45) is 5.07. The Bertz CT molecular complexity index is 603. The Labute approximate surface area is 130 Å². The fraction of sp³-hybridized carbons (Fsp3) is 0.429. The van der Waals surface area contributed by atoms with Gasteiger partial charge >= 0.3 is 0 Å². The molecule has 0 atom stereocenters. The van der Waals surface area contributed by atoms with Crippen molar-refractivity contribution in [2.75, 3.05) is 5.73 Å². The molecule has 3 rings (SSSR count). The highest BCUT2D eigenvalue weighted by Crippen LogP contribution is 2.37. The Morgan fingerprint density at radius 1 is 1.26 bits per heavy atom. The van der Waals surface area contributed by atoms with E-state index in [2.05, 4.69) is 45.3 Å². The van der Waals surface area contributed by atoms with E-state index in [0.29, 0.717) is 11.7 Å². The van der Waals surface area contributed by atoms with E-state index >= 15 is 0 Å². The average molecular weight is 385 g/mol. The zero-order chi connectivity index (χ0) is 13.4. The quantitative estimate of drug-likeness (QED) is 0.782. The topological polar surface area (TPSA) is 51.8 Å². The van der Waals surface area contributed by atoms with Crippen molar-refractivity contribution in [3.8, 4) is 11.4 Å². The molecule has 100 valence electrons. The van der Waals surface area contributed by atoms with Gasteiger partial charge in [0.1, 0.15) is 5.82 Å². The summed E-state index contributed by atoms with van der Waals surface area (Å²) in [6, 6.07) is 0. The van der Waals surface area contributed by atoms with Gasteiger partial charge in [0.15, 0.2) is 5.82 Å². The first kappa shape index (κ1) is 13.3. The molecular weight excluding hydrogens is 369 g/mol. The lowest BCUT2D eigenvalue weighted by Crippen LogP contribution is -2.08. The summed E-state index contributed by atoms with van der Waals surface area (Å²) in [4.78, 5) is 9.30. The Balaban J connectivity index is 2.10. The van der Waals surface area contributed by atoms with Gasteiger partial charge in [0.25, 0.3) is 0 Å². The smallest absolute Gasteiger partial charge is 0.162 e. The highest BCUT2D eigenvalue weighted by atomic mass is 127. The standard InChI is InChI=1S/C14H16IN3S/c1-8-6-19-7-10(8)14-17-12(9-4-2-3-5-9)11(15)13(16)18-14/h6-7,9H,2-5H2,1H3,(H2,16,17,18). The van der Waals surface area contributed by atoms with E-state index < -0.39 is 0 Å². The van der Waals surface area contributed by atoms with Crippen molar-refractivity contribution in [3.05, 3.63) is 25.6 Å². The Morgan fingerprint density at radius 3 is 2.63 bits per heavy atom. The molecule has 0 radical (unpaired) electrons. The third kappa shape index (κ3) is 2.50. The number of hydrogen-bond acceptors (Lipinski definition) is 4. The van der Waals surface area contributed by atoms with Gasteiger partial charge in [0.05, 0.1) is 9.26 Å². The van der Waals surface area contributed by atoms with Gasteiger partial charge in [0, 0.05) is 16.9 Å². The number of rotatable bonds is 2. The van der Waals surface area contributed by atoms with E-state index in [1.165, 1.54) is 31.2 Å². The number of nitrogens with zero attached hydrogens (tertiary/aromatic N) is 2. The van der Waals surface area contributed by atoms with Gasteiger partial charge in [-0.1, -0.05) is 12.8 Å². The van der Waals surface area contributed by atoms with Crippen molar-refractivity contribution in [2.24, 2.45) is 0 Å². The number of nitrogen functional groups attached to an aromatic ring is 1. The van der Waals surface area contributed by atoms with Crippen LogP contribution < -0.4 is 5.73 Å². The molecule has 2 N–H and O–H groups in total. The number of hydrogen-bond donors (Lipinski definition) is 1. The van der Waals surface area contributed by atoms with Crippen molar-refractivity contribution < 1.29 is 0 Å². The van der Waals surface area contributed by atoms with Gasteiger partial charge in [-0.2, -0.15) is 11.3 Å². The second kappa shape index (κ2) is 5.36. The van der Waals surface area contributed by atoms with Crippen LogP contribution in [0.5, 0.6) is 0 Å². The third-order valence-electron chi connectivity index (χ3n) is 3.74. The molecule has 1 aliphatic rings. The summed E-state index contributed by atoms with van der Waals surface area (Å²) in [5.41, 5.74) is 9.59. The van der Waals surface area contributed by atoms with Crippen molar-refractivity contribution in [1.82, 2.24) is 9.97 Å². The molecule has 2 aromatic heterocycles. The van der Waals surface area contributed by atoms with Crippen LogP contribution in [0.1, 0.15) is 42.9 Å². The second-order valence-corrected chi connectivity index (χ2v) is 6.90. The molecule has 0 spiro atoms. The van der Waals surface area contributed by atoms with Gasteiger partial charge in [-0.15, -0.1) is 0 Å². The molecule has 1 fully saturated rings. The van der Waals surface area contributed by atoms with Crippen molar-refractivity contribution in [3.63, 3.8) is 0 Å². The van der Waals surface area contributed by atoms with Crippen LogP contribution in [0.2, 0.25) is 0 Å². The molecule has 1 saturated carbocycles. The summed E-state index contributed by atoms with van der Waals surface area (Å²) in [6.45, 7) is 2.10. The lowest BCUT2D eigenvalue weighted by atomic mass is 10.0. The Hall–Kier alpha value is -0.690. The molecule has 2 heterocycles. The van der Waals surface area contributed by atoms with Gasteiger partial charge in [-0.05, 0) is 53.3 Å². The van der Waals surface area contributed by atoms with Crippen LogP contribution in [0.3, 0.4) is 0 Å². The predicted molar refractivity (Wildman–Crippen MR) is 88.4 cm³/mol. The monoisotopic (exact) mass is 385 g/mol. The lowest BCUT2D eigenvalue weighted by Gasteiger charge is -2.13. The fourth-order valence-corrected chi connectivity index (χ4v) is 4.17. The molecule has 2 aromatic rings. The minimum Gasteiger partial charge on any atom is -0.383 e. The van der Waals surface area contributed by atoms with Crippen LogP contribution in [0.15, 0.2) is 10.8 Å². The highest BCUT2D eigenvalue weighted by Gasteiger charge is 2.23. The van der Waals surface area contributed by atoms with Gasteiger partial charge in [-0.3, -0.25) is 0 Å². The number of anilines is 1. The van der Waals surface area contributed by atoms with Crippen LogP contribution in [0, 0.1) is 10.5 Å². The molecule has 1 aliphatic carbocycles. The van der Waals surface area contributed by atoms with Crippen molar-refractivity contribution >= 4 is 39.7 Å². The molecule has 0 amide bonds. The van der Waals surface area contributed by atoms with Crippen molar-refractivity contribution in [2.45, 2.75) is 38.5 Å². The van der Waals surface area contributed by atoms with Crippen LogP contribution in [0.4, 0.5) is 5.82 Å². The normalized spacial score (nSPS) is 16.1. The number of thiophene rings is 1. The Morgan fingerprint density at radius 2 is 2.00 bits per heavy atom. The molecule has 19 heavy (non-hydrogen) atoms. The number of nitrogens with two attached hydrogens (primary N) is 1. The fourth-order valence-electron chi connectivity index (χ4n) is 2.66. The minimum absolute atomic E-state index is 0.565. The molecule has 0 bridgehead atoms. The first-order chi connectivity index (χ1) is 9.16. The molecular formula is C14H16IN3S. The summed E-state index contributed by atoms with van der Waals surface area (Å²) in [5.74, 6) is 1.98. The van der Waals surface area contributed by atoms with E-state index in [0.717, 1.165) is 20.7 Å². The SMILES string of the molecule is Cc1cscc1-c1nc(N)c(I)c(C2CCCC2)n1. The molecule has 0 unspecified atom stereocenters. The predicted octanol–water partition coefficient (Wildman–Crippen LogP) is 4.36. The largest absolute Gasteiger partial charge is 0.383 e. The summed E-state index contributed by atoms with van der Waals surface area (Å²) >= 11 is 3.98. The molecule has 5 heteroatoms. The van der Waals surface area contributed by atoms with Gasteiger partial charge < -0.3 is 5.73 Å². The maximum absolute atomic E-state index is 6.09.